The Kier molecular flexibility index (Phi) is 5.33. The van der Waals surface area contributed by atoms with Crippen LogP contribution in [0.1, 0.15) is 17.0 Å². The van der Waals surface area contributed by atoms with Crippen molar-refractivity contribution in [2.24, 2.45) is 0 Å². The molecule has 0 spiro atoms. The third kappa shape index (κ3) is 4.33. The molecule has 0 aliphatic carbocycles. The second-order valence-corrected chi connectivity index (χ2v) is 7.75. The highest BCUT2D eigenvalue weighted by Gasteiger charge is 2.31. The van der Waals surface area contributed by atoms with Crippen LogP contribution in [-0.2, 0) is 19.3 Å². The van der Waals surface area contributed by atoms with Crippen LogP contribution in [0, 0.1) is 0 Å². The van der Waals surface area contributed by atoms with E-state index < -0.39 is 11.7 Å². The number of benzene rings is 2. The number of anilines is 1. The molecule has 8 nitrogen and oxygen atoms in total. The molecular weight excluding hydrogens is 425 g/mol. The standard InChI is InChI=1S/C21H21F3N6O2/c22-21(23,24)16-2-1-3-17(11-16)29-8-6-28(7-9-29)13-20-25-26-27-30(20)12-15-4-5-18-19(10-15)32-14-31-18/h1-5,10-11H,6-9,12-14H2. The van der Waals surface area contributed by atoms with Gasteiger partial charge in [-0.3, -0.25) is 4.90 Å². The summed E-state index contributed by atoms with van der Waals surface area (Å²) in [6.45, 7) is 3.95. The Hall–Kier alpha value is -3.34. The van der Waals surface area contributed by atoms with Crippen LogP contribution < -0.4 is 14.4 Å². The van der Waals surface area contributed by atoms with E-state index in [9.17, 15) is 13.2 Å². The van der Waals surface area contributed by atoms with E-state index in [1.54, 1.807) is 10.7 Å². The number of hydrogen-bond donors (Lipinski definition) is 0. The monoisotopic (exact) mass is 446 g/mol. The van der Waals surface area contributed by atoms with Crippen LogP contribution >= 0.6 is 0 Å². The van der Waals surface area contributed by atoms with Gasteiger partial charge in [-0.25, -0.2) is 4.68 Å². The molecule has 2 aliphatic heterocycles. The molecule has 0 bridgehead atoms. The maximum Gasteiger partial charge on any atom is 0.416 e. The topological polar surface area (TPSA) is 68.5 Å². The van der Waals surface area contributed by atoms with E-state index in [4.69, 9.17) is 9.47 Å². The third-order valence-electron chi connectivity index (χ3n) is 5.65. The first-order chi connectivity index (χ1) is 15.5. The molecule has 2 aliphatic rings. The SMILES string of the molecule is FC(F)(F)c1cccc(N2CCN(Cc3nnnn3Cc3ccc4c(c3)OCO4)CC2)c1. The number of hydrogen-bond acceptors (Lipinski definition) is 7. The van der Waals surface area contributed by atoms with Gasteiger partial charge >= 0.3 is 6.18 Å². The number of ether oxygens (including phenoxy) is 2. The molecule has 0 radical (unpaired) electrons. The molecule has 1 fully saturated rings. The average Bonchev–Trinajstić information content (AvgIpc) is 3.43. The molecule has 11 heteroatoms. The molecule has 0 N–H and O–H groups in total. The Bertz CT molecular complexity index is 1100. The molecule has 1 aromatic heterocycles. The van der Waals surface area contributed by atoms with Crippen LogP contribution in [0.25, 0.3) is 0 Å². The van der Waals surface area contributed by atoms with Crippen LogP contribution in [0.15, 0.2) is 42.5 Å². The minimum absolute atomic E-state index is 0.224. The second-order valence-electron chi connectivity index (χ2n) is 7.75. The fourth-order valence-electron chi connectivity index (χ4n) is 3.91. The lowest BCUT2D eigenvalue weighted by atomic mass is 10.1. The minimum atomic E-state index is -4.34. The lowest BCUT2D eigenvalue weighted by Gasteiger charge is -2.36. The Morgan fingerprint density at radius 1 is 0.906 bits per heavy atom. The van der Waals surface area contributed by atoms with Crippen LogP contribution in [0.2, 0.25) is 0 Å². The van der Waals surface area contributed by atoms with E-state index in [2.05, 4.69) is 20.4 Å². The Morgan fingerprint density at radius 2 is 1.72 bits per heavy atom. The predicted octanol–water partition coefficient (Wildman–Crippen LogP) is 2.79. The molecule has 2 aromatic carbocycles. The highest BCUT2D eigenvalue weighted by molar-refractivity contribution is 5.49. The first kappa shape index (κ1) is 20.6. The number of rotatable bonds is 5. The second kappa shape index (κ2) is 8.30. The Labute approximate surface area is 182 Å². The van der Waals surface area contributed by atoms with Crippen molar-refractivity contribution in [3.8, 4) is 11.5 Å². The summed E-state index contributed by atoms with van der Waals surface area (Å²) >= 11 is 0. The van der Waals surface area contributed by atoms with Crippen molar-refractivity contribution in [3.63, 3.8) is 0 Å². The van der Waals surface area contributed by atoms with Crippen molar-refractivity contribution in [1.82, 2.24) is 25.1 Å². The van der Waals surface area contributed by atoms with E-state index in [-0.39, 0.29) is 6.79 Å². The largest absolute Gasteiger partial charge is 0.454 e. The fraction of sp³-hybridized carbons (Fsp3) is 0.381. The quantitative estimate of drug-likeness (QED) is 0.597. The van der Waals surface area contributed by atoms with Gasteiger partial charge in [0.1, 0.15) is 0 Å². The summed E-state index contributed by atoms with van der Waals surface area (Å²) in [5, 5.41) is 12.1. The molecule has 1 saturated heterocycles. The molecule has 32 heavy (non-hydrogen) atoms. The Balaban J connectivity index is 1.20. The summed E-state index contributed by atoms with van der Waals surface area (Å²) in [6, 6.07) is 11.2. The summed E-state index contributed by atoms with van der Waals surface area (Å²) in [7, 11) is 0. The zero-order valence-electron chi connectivity index (χ0n) is 17.1. The molecule has 5 rings (SSSR count). The van der Waals surface area contributed by atoms with Gasteiger partial charge in [-0.15, -0.1) is 5.10 Å². The predicted molar refractivity (Wildman–Crippen MR) is 108 cm³/mol. The number of halogens is 3. The van der Waals surface area contributed by atoms with Crippen molar-refractivity contribution in [2.75, 3.05) is 37.9 Å². The summed E-state index contributed by atoms with van der Waals surface area (Å²) in [6.07, 6.45) is -4.34. The van der Waals surface area contributed by atoms with Gasteiger partial charge < -0.3 is 14.4 Å². The van der Waals surface area contributed by atoms with Crippen LogP contribution in [0.5, 0.6) is 11.5 Å². The van der Waals surface area contributed by atoms with E-state index >= 15 is 0 Å². The van der Waals surface area contributed by atoms with Crippen molar-refractivity contribution in [3.05, 3.63) is 59.4 Å². The van der Waals surface area contributed by atoms with E-state index in [1.807, 2.05) is 23.1 Å². The average molecular weight is 446 g/mol. The maximum absolute atomic E-state index is 13.0. The highest BCUT2D eigenvalue weighted by atomic mass is 19.4. The van der Waals surface area contributed by atoms with Gasteiger partial charge in [0.25, 0.3) is 0 Å². The summed E-state index contributed by atoms with van der Waals surface area (Å²) in [4.78, 5) is 4.17. The van der Waals surface area contributed by atoms with Crippen molar-refractivity contribution >= 4 is 5.69 Å². The van der Waals surface area contributed by atoms with Crippen LogP contribution in [-0.4, -0.2) is 58.1 Å². The first-order valence-electron chi connectivity index (χ1n) is 10.2. The van der Waals surface area contributed by atoms with Crippen LogP contribution in [0.4, 0.5) is 18.9 Å². The number of aromatic nitrogens is 4. The maximum atomic E-state index is 13.0. The molecule has 0 amide bonds. The van der Waals surface area contributed by atoms with Crippen molar-refractivity contribution in [1.29, 1.82) is 0 Å². The number of tetrazole rings is 1. The Morgan fingerprint density at radius 3 is 2.53 bits per heavy atom. The van der Waals surface area contributed by atoms with Gasteiger partial charge in [-0.05, 0) is 46.3 Å². The zero-order chi connectivity index (χ0) is 22.1. The fourth-order valence-corrected chi connectivity index (χ4v) is 3.91. The van der Waals surface area contributed by atoms with Gasteiger partial charge in [-0.2, -0.15) is 13.2 Å². The van der Waals surface area contributed by atoms with Gasteiger partial charge in [-0.1, -0.05) is 12.1 Å². The first-order valence-corrected chi connectivity index (χ1v) is 10.2. The van der Waals surface area contributed by atoms with E-state index in [0.29, 0.717) is 50.7 Å². The van der Waals surface area contributed by atoms with E-state index in [0.717, 1.165) is 23.2 Å². The van der Waals surface area contributed by atoms with Gasteiger partial charge in [0.15, 0.2) is 17.3 Å². The zero-order valence-corrected chi connectivity index (χ0v) is 17.1. The van der Waals surface area contributed by atoms with E-state index in [1.165, 1.54) is 12.1 Å². The smallest absolute Gasteiger partial charge is 0.416 e. The lowest BCUT2D eigenvalue weighted by molar-refractivity contribution is -0.137. The van der Waals surface area contributed by atoms with Crippen molar-refractivity contribution < 1.29 is 22.6 Å². The molecule has 0 unspecified atom stereocenters. The molecule has 168 valence electrons. The minimum Gasteiger partial charge on any atom is -0.454 e. The molecule has 3 aromatic rings. The molecule has 0 atom stereocenters. The normalized spacial score (nSPS) is 16.5. The van der Waals surface area contributed by atoms with Gasteiger partial charge in [0.2, 0.25) is 6.79 Å². The number of fused-ring (bicyclic) bond motifs is 1. The summed E-state index contributed by atoms with van der Waals surface area (Å²) in [5.41, 5.74) is 0.962. The highest BCUT2D eigenvalue weighted by Crippen LogP contribution is 2.33. The van der Waals surface area contributed by atoms with Gasteiger partial charge in [0.05, 0.1) is 18.7 Å². The molecular formula is C21H21F3N6O2. The number of piperazine rings is 1. The summed E-state index contributed by atoms with van der Waals surface area (Å²) in [5.74, 6) is 2.17. The van der Waals surface area contributed by atoms with Crippen molar-refractivity contribution in [2.45, 2.75) is 19.3 Å². The molecule has 0 saturated carbocycles. The molecule has 3 heterocycles. The number of alkyl halides is 3. The number of nitrogens with zero attached hydrogens (tertiary/aromatic N) is 6. The summed E-state index contributed by atoms with van der Waals surface area (Å²) < 4.78 is 51.5. The van der Waals surface area contributed by atoms with Gasteiger partial charge in [0, 0.05) is 31.9 Å². The third-order valence-corrected chi connectivity index (χ3v) is 5.65. The lowest BCUT2D eigenvalue weighted by Crippen LogP contribution is -2.46. The van der Waals surface area contributed by atoms with Crippen LogP contribution in [0.3, 0.4) is 0 Å².